The van der Waals surface area contributed by atoms with Gasteiger partial charge in [0.2, 0.25) is 0 Å². The molecule has 2 aromatic rings. The van der Waals surface area contributed by atoms with E-state index in [1.165, 1.54) is 17.7 Å². The van der Waals surface area contributed by atoms with Crippen LogP contribution in [0.25, 0.3) is 0 Å². The number of nitrogens with zero attached hydrogens (tertiary/aromatic N) is 1. The molecule has 0 bridgehead atoms. The zero-order chi connectivity index (χ0) is 17.6. The molecule has 0 aromatic heterocycles. The molecule has 3 rings (SSSR count). The first kappa shape index (κ1) is 17.9. The van der Waals surface area contributed by atoms with Gasteiger partial charge in [-0.15, -0.1) is 0 Å². The monoisotopic (exact) mass is 360 g/mol. The van der Waals surface area contributed by atoms with Gasteiger partial charge in [-0.2, -0.15) is 0 Å². The highest BCUT2D eigenvalue weighted by Crippen LogP contribution is 2.37. The average Bonchev–Trinajstić information content (AvgIpc) is 2.65. The zero-order valence-corrected chi connectivity index (χ0v) is 14.7. The van der Waals surface area contributed by atoms with Crippen LogP contribution in [0.1, 0.15) is 43.6 Å². The Kier molecular flexibility index (Phi) is 6.05. The summed E-state index contributed by atoms with van der Waals surface area (Å²) in [7, 11) is 0. The second-order valence-corrected chi connectivity index (χ2v) is 7.01. The van der Waals surface area contributed by atoms with Crippen molar-refractivity contribution in [3.8, 4) is 0 Å². The number of amidine groups is 1. The van der Waals surface area contributed by atoms with Crippen molar-refractivity contribution in [2.45, 2.75) is 38.0 Å². The Morgan fingerprint density at radius 3 is 2.48 bits per heavy atom. The molecule has 1 saturated carbocycles. The topological polar surface area (TPSA) is 44.6 Å². The highest BCUT2D eigenvalue weighted by atomic mass is 35.5. The Bertz CT molecular complexity index is 728. The van der Waals surface area contributed by atoms with Gasteiger partial charge in [-0.1, -0.05) is 41.9 Å². The SMILES string of the molecule is ONC(CC1CCC(c2ccccc2)CC1)=Nc1ccc(F)c(Cl)c1. The van der Waals surface area contributed by atoms with E-state index in [9.17, 15) is 9.60 Å². The lowest BCUT2D eigenvalue weighted by atomic mass is 9.77. The van der Waals surface area contributed by atoms with Crippen LogP contribution in [-0.2, 0) is 0 Å². The van der Waals surface area contributed by atoms with E-state index < -0.39 is 5.82 Å². The average molecular weight is 361 g/mol. The second kappa shape index (κ2) is 8.45. The Morgan fingerprint density at radius 1 is 1.12 bits per heavy atom. The summed E-state index contributed by atoms with van der Waals surface area (Å²) in [5.41, 5.74) is 4.13. The minimum atomic E-state index is -0.474. The minimum absolute atomic E-state index is 0.0295. The fourth-order valence-electron chi connectivity index (χ4n) is 3.53. The third kappa shape index (κ3) is 4.80. The van der Waals surface area contributed by atoms with E-state index in [-0.39, 0.29) is 5.02 Å². The first-order chi connectivity index (χ1) is 12.2. The molecule has 2 aromatic carbocycles. The van der Waals surface area contributed by atoms with Crippen LogP contribution in [-0.4, -0.2) is 11.0 Å². The van der Waals surface area contributed by atoms with Crippen LogP contribution < -0.4 is 5.48 Å². The molecule has 0 atom stereocenters. The van der Waals surface area contributed by atoms with Gasteiger partial charge < -0.3 is 0 Å². The molecule has 25 heavy (non-hydrogen) atoms. The predicted octanol–water partition coefficient (Wildman–Crippen LogP) is 5.85. The van der Waals surface area contributed by atoms with Crippen molar-refractivity contribution in [2.75, 3.05) is 0 Å². The van der Waals surface area contributed by atoms with Crippen molar-refractivity contribution in [1.82, 2.24) is 5.48 Å². The van der Waals surface area contributed by atoms with E-state index >= 15 is 0 Å². The van der Waals surface area contributed by atoms with E-state index in [1.54, 1.807) is 6.07 Å². The molecule has 1 fully saturated rings. The van der Waals surface area contributed by atoms with Crippen LogP contribution >= 0.6 is 11.6 Å². The van der Waals surface area contributed by atoms with Crippen LogP contribution in [0.3, 0.4) is 0 Å². The Hall–Kier alpha value is -1.91. The lowest BCUT2D eigenvalue weighted by molar-refractivity contribution is 0.226. The van der Waals surface area contributed by atoms with E-state index in [1.807, 2.05) is 6.07 Å². The van der Waals surface area contributed by atoms with Crippen LogP contribution in [0.2, 0.25) is 5.02 Å². The molecule has 5 heteroatoms. The van der Waals surface area contributed by atoms with Crippen molar-refractivity contribution in [3.63, 3.8) is 0 Å². The summed E-state index contributed by atoms with van der Waals surface area (Å²) < 4.78 is 13.2. The highest BCUT2D eigenvalue weighted by molar-refractivity contribution is 6.31. The number of hydroxylamine groups is 1. The molecule has 0 radical (unpaired) electrons. The maximum absolute atomic E-state index is 13.2. The molecule has 0 aliphatic heterocycles. The number of benzene rings is 2. The summed E-state index contributed by atoms with van der Waals surface area (Å²) in [6.45, 7) is 0. The summed E-state index contributed by atoms with van der Waals surface area (Å²) >= 11 is 5.78. The van der Waals surface area contributed by atoms with Gasteiger partial charge in [-0.3, -0.25) is 10.7 Å². The van der Waals surface area contributed by atoms with Crippen LogP contribution in [0, 0.1) is 11.7 Å². The van der Waals surface area contributed by atoms with Crippen LogP contribution in [0.4, 0.5) is 10.1 Å². The van der Waals surface area contributed by atoms with Crippen LogP contribution in [0.5, 0.6) is 0 Å². The number of nitrogens with one attached hydrogen (secondary N) is 1. The third-order valence-electron chi connectivity index (χ3n) is 4.90. The molecule has 0 saturated heterocycles. The quantitative estimate of drug-likeness (QED) is 0.408. The maximum atomic E-state index is 13.2. The number of rotatable bonds is 4. The molecule has 2 N–H and O–H groups in total. The van der Waals surface area contributed by atoms with Crippen molar-refractivity contribution in [1.29, 1.82) is 0 Å². The second-order valence-electron chi connectivity index (χ2n) is 6.60. The van der Waals surface area contributed by atoms with Crippen molar-refractivity contribution in [3.05, 3.63) is 64.9 Å². The molecular weight excluding hydrogens is 339 g/mol. The number of halogens is 2. The lowest BCUT2D eigenvalue weighted by Crippen LogP contribution is -2.24. The lowest BCUT2D eigenvalue weighted by Gasteiger charge is -2.29. The summed E-state index contributed by atoms with van der Waals surface area (Å²) in [5.74, 6) is 1.12. The highest BCUT2D eigenvalue weighted by Gasteiger charge is 2.23. The molecule has 3 nitrogen and oxygen atoms in total. The minimum Gasteiger partial charge on any atom is -0.290 e. The fourth-order valence-corrected chi connectivity index (χ4v) is 3.70. The number of aliphatic imine (C=N–C) groups is 1. The largest absolute Gasteiger partial charge is 0.290 e. The Labute approximate surface area is 152 Å². The van der Waals surface area contributed by atoms with Crippen molar-refractivity contribution in [2.24, 2.45) is 10.9 Å². The van der Waals surface area contributed by atoms with Gasteiger partial charge in [0.1, 0.15) is 11.7 Å². The first-order valence-corrected chi connectivity index (χ1v) is 9.01. The van der Waals surface area contributed by atoms with E-state index in [0.29, 0.717) is 29.8 Å². The van der Waals surface area contributed by atoms with Gasteiger partial charge >= 0.3 is 0 Å². The predicted molar refractivity (Wildman–Crippen MR) is 99.2 cm³/mol. The van der Waals surface area contributed by atoms with Gasteiger partial charge in [-0.25, -0.2) is 9.38 Å². The normalized spacial score (nSPS) is 21.2. The van der Waals surface area contributed by atoms with Gasteiger partial charge in [0.15, 0.2) is 0 Å². The smallest absolute Gasteiger partial charge is 0.141 e. The van der Waals surface area contributed by atoms with E-state index in [0.717, 1.165) is 25.7 Å². The number of hydrogen-bond acceptors (Lipinski definition) is 2. The molecule has 0 heterocycles. The molecule has 0 amide bonds. The van der Waals surface area contributed by atoms with Crippen molar-refractivity contribution < 1.29 is 9.60 Å². The van der Waals surface area contributed by atoms with Crippen LogP contribution in [0.15, 0.2) is 53.5 Å². The Balaban J connectivity index is 1.59. The zero-order valence-electron chi connectivity index (χ0n) is 14.0. The van der Waals surface area contributed by atoms with E-state index in [2.05, 4.69) is 34.7 Å². The fraction of sp³-hybridized carbons (Fsp3) is 0.350. The molecule has 1 aliphatic rings. The standard InChI is InChI=1S/C20H22ClFN2O/c21-18-13-17(10-11-19(18)22)23-20(24-25)12-14-6-8-16(9-7-14)15-4-2-1-3-5-15/h1-5,10-11,13-14,16,25H,6-9,12H2,(H,23,24). The molecule has 0 spiro atoms. The molecule has 132 valence electrons. The Morgan fingerprint density at radius 2 is 1.84 bits per heavy atom. The van der Waals surface area contributed by atoms with Gasteiger partial charge in [-0.05, 0) is 61.3 Å². The molecule has 1 aliphatic carbocycles. The van der Waals surface area contributed by atoms with E-state index in [4.69, 9.17) is 11.6 Å². The molecular formula is C20H22ClFN2O. The number of hydrogen-bond donors (Lipinski definition) is 2. The molecule has 0 unspecified atom stereocenters. The third-order valence-corrected chi connectivity index (χ3v) is 5.19. The first-order valence-electron chi connectivity index (χ1n) is 8.63. The summed E-state index contributed by atoms with van der Waals surface area (Å²) in [4.78, 5) is 4.35. The van der Waals surface area contributed by atoms with Gasteiger partial charge in [0.05, 0.1) is 10.7 Å². The summed E-state index contributed by atoms with van der Waals surface area (Å²) in [5, 5.41) is 9.41. The van der Waals surface area contributed by atoms with Gasteiger partial charge in [0.25, 0.3) is 0 Å². The maximum Gasteiger partial charge on any atom is 0.141 e. The van der Waals surface area contributed by atoms with Crippen molar-refractivity contribution >= 4 is 23.1 Å². The summed E-state index contributed by atoms with van der Waals surface area (Å²) in [6, 6.07) is 14.9. The van der Waals surface area contributed by atoms with Gasteiger partial charge in [0, 0.05) is 6.42 Å². The summed E-state index contributed by atoms with van der Waals surface area (Å²) in [6.07, 6.45) is 5.17.